The van der Waals surface area contributed by atoms with Crippen LogP contribution in [0.15, 0.2) is 48.5 Å². The van der Waals surface area contributed by atoms with Crippen molar-refractivity contribution in [2.75, 3.05) is 12.0 Å². The van der Waals surface area contributed by atoms with Crippen LogP contribution in [-0.4, -0.2) is 13.0 Å². The Morgan fingerprint density at radius 1 is 1.16 bits per heavy atom. The second kappa shape index (κ2) is 4.86. The van der Waals surface area contributed by atoms with Gasteiger partial charge in [-0.15, -0.1) is 0 Å². The minimum absolute atomic E-state index is 0.0687. The molecule has 1 aliphatic heterocycles. The Labute approximate surface area is 112 Å². The van der Waals surface area contributed by atoms with Gasteiger partial charge in [-0.05, 0) is 29.3 Å². The highest BCUT2D eigenvalue weighted by Crippen LogP contribution is 2.28. The van der Waals surface area contributed by atoms with Crippen molar-refractivity contribution < 1.29 is 9.53 Å². The van der Waals surface area contributed by atoms with Crippen LogP contribution in [0.2, 0.25) is 0 Å². The lowest BCUT2D eigenvalue weighted by Gasteiger charge is -2.15. The number of nitrogens with zero attached hydrogens (tertiary/aromatic N) is 1. The van der Waals surface area contributed by atoms with E-state index in [1.54, 1.807) is 12.0 Å². The molecule has 1 heterocycles. The maximum atomic E-state index is 12.4. The zero-order valence-corrected chi connectivity index (χ0v) is 10.8. The summed E-state index contributed by atoms with van der Waals surface area (Å²) in [6.07, 6.45) is 0. The van der Waals surface area contributed by atoms with E-state index in [9.17, 15) is 4.79 Å². The maximum absolute atomic E-state index is 12.4. The Bertz CT molecular complexity index is 607. The summed E-state index contributed by atoms with van der Waals surface area (Å²) in [6.45, 7) is 1.18. The van der Waals surface area contributed by atoms with Crippen LogP contribution in [0.3, 0.4) is 0 Å². The van der Waals surface area contributed by atoms with Crippen LogP contribution < -0.4 is 4.90 Å². The molecule has 96 valence electrons. The van der Waals surface area contributed by atoms with Crippen molar-refractivity contribution in [3.63, 3.8) is 0 Å². The second-order valence-corrected chi connectivity index (χ2v) is 4.65. The summed E-state index contributed by atoms with van der Waals surface area (Å²) in [6, 6.07) is 15.7. The van der Waals surface area contributed by atoms with Gasteiger partial charge in [0, 0.05) is 18.4 Å². The molecule has 1 aliphatic rings. The summed E-state index contributed by atoms with van der Waals surface area (Å²) in [5.74, 6) is 0.0687. The van der Waals surface area contributed by atoms with Crippen LogP contribution in [0.4, 0.5) is 5.69 Å². The fraction of sp³-hybridized carbons (Fsp3) is 0.188. The number of rotatable bonds is 3. The van der Waals surface area contributed by atoms with Gasteiger partial charge < -0.3 is 9.64 Å². The normalized spacial score (nSPS) is 13.7. The van der Waals surface area contributed by atoms with Gasteiger partial charge >= 0.3 is 0 Å². The standard InChI is InChI=1S/C16H15NO2/c1-19-11-12-7-8-13-10-17(16(18)15(13)9-12)14-5-3-2-4-6-14/h2-9H,10-11H2,1H3. The molecule has 0 N–H and O–H groups in total. The van der Waals surface area contributed by atoms with Crippen LogP contribution in [0, 0.1) is 0 Å². The molecule has 0 fully saturated rings. The SMILES string of the molecule is COCc1ccc2c(c1)C(=O)N(c1ccccc1)C2. The number of amides is 1. The van der Waals surface area contributed by atoms with Gasteiger partial charge in [0.05, 0.1) is 13.2 Å². The Hall–Kier alpha value is -2.13. The number of ether oxygens (including phenoxy) is 1. The van der Waals surface area contributed by atoms with Crippen molar-refractivity contribution in [1.29, 1.82) is 0 Å². The van der Waals surface area contributed by atoms with E-state index in [4.69, 9.17) is 4.74 Å². The first-order chi connectivity index (χ1) is 9.29. The molecule has 3 heteroatoms. The number of anilines is 1. The lowest BCUT2D eigenvalue weighted by atomic mass is 10.1. The molecule has 3 nitrogen and oxygen atoms in total. The van der Waals surface area contributed by atoms with E-state index >= 15 is 0 Å². The van der Waals surface area contributed by atoms with Crippen molar-refractivity contribution in [3.05, 3.63) is 65.2 Å². The van der Waals surface area contributed by atoms with Crippen LogP contribution in [0.1, 0.15) is 21.5 Å². The Morgan fingerprint density at radius 3 is 2.68 bits per heavy atom. The number of hydrogen-bond acceptors (Lipinski definition) is 2. The third-order valence-electron chi connectivity index (χ3n) is 3.36. The van der Waals surface area contributed by atoms with Gasteiger partial charge in [-0.3, -0.25) is 4.79 Å². The average molecular weight is 253 g/mol. The molecular weight excluding hydrogens is 238 g/mol. The van der Waals surface area contributed by atoms with E-state index in [0.29, 0.717) is 13.2 Å². The monoisotopic (exact) mass is 253 g/mol. The average Bonchev–Trinajstić information content (AvgIpc) is 2.78. The molecule has 0 aromatic heterocycles. The smallest absolute Gasteiger partial charge is 0.258 e. The zero-order chi connectivity index (χ0) is 13.2. The molecule has 0 atom stereocenters. The van der Waals surface area contributed by atoms with Gasteiger partial charge in [0.2, 0.25) is 0 Å². The predicted molar refractivity (Wildman–Crippen MR) is 74.1 cm³/mol. The highest BCUT2D eigenvalue weighted by atomic mass is 16.5. The number of methoxy groups -OCH3 is 1. The summed E-state index contributed by atoms with van der Waals surface area (Å²) in [4.78, 5) is 14.2. The molecule has 0 unspecified atom stereocenters. The first-order valence-electron chi connectivity index (χ1n) is 6.27. The molecule has 3 rings (SSSR count). The number of carbonyl (C=O) groups is 1. The number of fused-ring (bicyclic) bond motifs is 1. The Morgan fingerprint density at radius 2 is 1.95 bits per heavy atom. The Kier molecular flexibility index (Phi) is 3.05. The number of benzene rings is 2. The van der Waals surface area contributed by atoms with Gasteiger partial charge in [0.15, 0.2) is 0 Å². The van der Waals surface area contributed by atoms with E-state index in [0.717, 1.165) is 22.4 Å². The molecule has 1 amide bonds. The van der Waals surface area contributed by atoms with Crippen molar-refractivity contribution in [2.45, 2.75) is 13.2 Å². The highest BCUT2D eigenvalue weighted by Gasteiger charge is 2.28. The topological polar surface area (TPSA) is 29.5 Å². The van der Waals surface area contributed by atoms with Crippen LogP contribution >= 0.6 is 0 Å². The fourth-order valence-electron chi connectivity index (χ4n) is 2.42. The second-order valence-electron chi connectivity index (χ2n) is 4.65. The summed E-state index contributed by atoms with van der Waals surface area (Å²) >= 11 is 0. The van der Waals surface area contributed by atoms with Crippen LogP contribution in [0.25, 0.3) is 0 Å². The maximum Gasteiger partial charge on any atom is 0.258 e. The summed E-state index contributed by atoms with van der Waals surface area (Å²) < 4.78 is 5.11. The molecule has 0 spiro atoms. The van der Waals surface area contributed by atoms with Gasteiger partial charge in [0.1, 0.15) is 0 Å². The fourth-order valence-corrected chi connectivity index (χ4v) is 2.42. The van der Waals surface area contributed by atoms with E-state index in [1.807, 2.05) is 48.5 Å². The summed E-state index contributed by atoms with van der Waals surface area (Å²) in [5, 5.41) is 0. The lowest BCUT2D eigenvalue weighted by Crippen LogP contribution is -2.22. The number of para-hydroxylation sites is 1. The van der Waals surface area contributed by atoms with E-state index in [1.165, 1.54) is 0 Å². The molecule has 2 aromatic rings. The zero-order valence-electron chi connectivity index (χ0n) is 10.8. The van der Waals surface area contributed by atoms with Gasteiger partial charge in [-0.2, -0.15) is 0 Å². The van der Waals surface area contributed by atoms with Gasteiger partial charge in [0.25, 0.3) is 5.91 Å². The lowest BCUT2D eigenvalue weighted by molar-refractivity contribution is 0.0996. The first-order valence-corrected chi connectivity index (χ1v) is 6.27. The van der Waals surface area contributed by atoms with Crippen molar-refractivity contribution in [3.8, 4) is 0 Å². The van der Waals surface area contributed by atoms with Crippen LogP contribution in [0.5, 0.6) is 0 Å². The molecule has 2 aromatic carbocycles. The number of carbonyl (C=O) groups excluding carboxylic acids is 1. The summed E-state index contributed by atoms with van der Waals surface area (Å²) in [5.41, 5.74) is 3.84. The Balaban J connectivity index is 1.94. The largest absolute Gasteiger partial charge is 0.380 e. The third kappa shape index (κ3) is 2.13. The van der Waals surface area contributed by atoms with E-state index in [-0.39, 0.29) is 5.91 Å². The molecule has 0 bridgehead atoms. The molecule has 0 saturated heterocycles. The number of hydrogen-bond donors (Lipinski definition) is 0. The summed E-state index contributed by atoms with van der Waals surface area (Å²) in [7, 11) is 1.66. The predicted octanol–water partition coefficient (Wildman–Crippen LogP) is 2.99. The van der Waals surface area contributed by atoms with Crippen molar-refractivity contribution in [1.82, 2.24) is 0 Å². The molecule has 0 radical (unpaired) electrons. The molecule has 0 aliphatic carbocycles. The molecule has 19 heavy (non-hydrogen) atoms. The quantitative estimate of drug-likeness (QED) is 0.841. The van der Waals surface area contributed by atoms with Crippen molar-refractivity contribution in [2.24, 2.45) is 0 Å². The van der Waals surface area contributed by atoms with Gasteiger partial charge in [-0.1, -0.05) is 30.3 Å². The minimum Gasteiger partial charge on any atom is -0.380 e. The van der Waals surface area contributed by atoms with E-state index < -0.39 is 0 Å². The van der Waals surface area contributed by atoms with E-state index in [2.05, 4.69) is 0 Å². The minimum atomic E-state index is 0.0687. The molecule has 0 saturated carbocycles. The van der Waals surface area contributed by atoms with Gasteiger partial charge in [-0.25, -0.2) is 0 Å². The highest BCUT2D eigenvalue weighted by molar-refractivity contribution is 6.10. The van der Waals surface area contributed by atoms with Crippen LogP contribution in [-0.2, 0) is 17.9 Å². The van der Waals surface area contributed by atoms with Crippen molar-refractivity contribution >= 4 is 11.6 Å². The first kappa shape index (κ1) is 11.9. The molecular formula is C16H15NO2. The third-order valence-corrected chi connectivity index (χ3v) is 3.36.